The third-order valence-electron chi connectivity index (χ3n) is 9.14. The van der Waals surface area contributed by atoms with Crippen LogP contribution in [-0.2, 0) is 19.6 Å². The second-order valence-corrected chi connectivity index (χ2v) is 10.4. The fourth-order valence-electron chi connectivity index (χ4n) is 8.41. The summed E-state index contributed by atoms with van der Waals surface area (Å²) in [4.78, 5) is 22.2. The first-order valence-corrected chi connectivity index (χ1v) is 10.7. The molecule has 0 saturated heterocycles. The van der Waals surface area contributed by atoms with Crippen LogP contribution in [0.15, 0.2) is 0 Å². The van der Waals surface area contributed by atoms with Gasteiger partial charge in [-0.2, -0.15) is 9.78 Å². The molecule has 8 rings (SSSR count). The van der Waals surface area contributed by atoms with Crippen molar-refractivity contribution in [2.45, 2.75) is 75.8 Å². The van der Waals surface area contributed by atoms with E-state index in [0.717, 1.165) is 75.0 Å². The highest BCUT2D eigenvalue weighted by Crippen LogP contribution is 2.63. The predicted octanol–water partition coefficient (Wildman–Crippen LogP) is 4.22. The molecule has 8 bridgehead atoms. The van der Waals surface area contributed by atoms with Crippen LogP contribution >= 0.6 is 0 Å². The lowest BCUT2D eigenvalue weighted by molar-refractivity contribution is -0.613. The Balaban J connectivity index is 1.26. The summed E-state index contributed by atoms with van der Waals surface area (Å²) in [6.07, 6.45) is 10.9. The Hall–Kier alpha value is -0.240. The first-order chi connectivity index (χ1) is 12.6. The van der Waals surface area contributed by atoms with Crippen LogP contribution in [0.2, 0.25) is 0 Å². The molecule has 146 valence electrons. The molecule has 6 heteroatoms. The van der Waals surface area contributed by atoms with Crippen molar-refractivity contribution in [2.24, 2.45) is 47.3 Å². The van der Waals surface area contributed by atoms with Gasteiger partial charge in [-0.1, -0.05) is 0 Å². The molecule has 0 spiro atoms. The van der Waals surface area contributed by atoms with E-state index in [1.165, 1.54) is 12.8 Å². The highest BCUT2D eigenvalue weighted by atomic mass is 17.3. The van der Waals surface area contributed by atoms with Gasteiger partial charge >= 0.3 is 0 Å². The normalized spacial score (nSPS) is 59.3. The molecule has 0 amide bonds. The molecule has 8 saturated carbocycles. The van der Waals surface area contributed by atoms with Gasteiger partial charge in [-0.3, -0.25) is 0 Å². The summed E-state index contributed by atoms with van der Waals surface area (Å²) >= 11 is 0. The fraction of sp³-hybridized carbons (Fsp3) is 1.00. The maximum Gasteiger partial charge on any atom is 0.239 e. The van der Waals surface area contributed by atoms with Crippen LogP contribution in [0.1, 0.15) is 64.2 Å². The minimum absolute atomic E-state index is 0.163. The molecule has 0 aromatic heterocycles. The van der Waals surface area contributed by atoms with Crippen LogP contribution in [-0.4, -0.2) is 22.1 Å². The first kappa shape index (κ1) is 16.7. The molecular weight excluding hydrogens is 336 g/mol. The van der Waals surface area contributed by atoms with Gasteiger partial charge in [0.15, 0.2) is 0 Å². The van der Waals surface area contributed by atoms with E-state index < -0.39 is 11.6 Å². The molecule has 0 aliphatic heterocycles. The molecule has 0 aromatic carbocycles. The topological polar surface area (TPSA) is 77.4 Å². The molecule has 8 aliphatic carbocycles. The molecule has 0 atom stereocenters. The summed E-state index contributed by atoms with van der Waals surface area (Å²) in [5, 5.41) is 19.8. The van der Waals surface area contributed by atoms with Gasteiger partial charge in [-0.25, -0.2) is 20.3 Å². The summed E-state index contributed by atoms with van der Waals surface area (Å²) in [6.45, 7) is 0. The lowest BCUT2D eigenvalue weighted by Gasteiger charge is -2.60. The van der Waals surface area contributed by atoms with Crippen molar-refractivity contribution in [1.82, 2.24) is 0 Å². The Morgan fingerprint density at radius 3 is 0.962 bits per heavy atom. The Morgan fingerprint density at radius 2 is 0.731 bits per heavy atom. The minimum atomic E-state index is -1.09. The van der Waals surface area contributed by atoms with Gasteiger partial charge in [0, 0.05) is 23.7 Å². The summed E-state index contributed by atoms with van der Waals surface area (Å²) < 4.78 is 0. The molecular formula is C20H30O6. The molecule has 0 aromatic rings. The Bertz CT molecular complexity index is 471. The van der Waals surface area contributed by atoms with Crippen molar-refractivity contribution in [3.63, 3.8) is 0 Å². The second kappa shape index (κ2) is 5.65. The van der Waals surface area contributed by atoms with E-state index in [-0.39, 0.29) is 23.7 Å². The zero-order chi connectivity index (χ0) is 17.5. The van der Waals surface area contributed by atoms with Crippen molar-refractivity contribution >= 4 is 0 Å². The van der Waals surface area contributed by atoms with Gasteiger partial charge in [0.2, 0.25) is 11.6 Å². The van der Waals surface area contributed by atoms with Crippen molar-refractivity contribution in [3.8, 4) is 0 Å². The van der Waals surface area contributed by atoms with Crippen LogP contribution in [0.25, 0.3) is 0 Å². The number of hydrogen-bond acceptors (Lipinski definition) is 6. The van der Waals surface area contributed by atoms with Crippen LogP contribution in [0.5, 0.6) is 0 Å². The maximum absolute atomic E-state index is 9.88. The van der Waals surface area contributed by atoms with Crippen molar-refractivity contribution in [1.29, 1.82) is 0 Å². The third kappa shape index (κ3) is 2.09. The smallest absolute Gasteiger partial charge is 0.239 e. The molecule has 8 aliphatic rings. The van der Waals surface area contributed by atoms with Crippen molar-refractivity contribution in [3.05, 3.63) is 0 Å². The second-order valence-electron chi connectivity index (χ2n) is 10.4. The Labute approximate surface area is 153 Å². The molecule has 26 heavy (non-hydrogen) atoms. The predicted molar refractivity (Wildman–Crippen MR) is 89.1 cm³/mol. The van der Waals surface area contributed by atoms with Gasteiger partial charge in [0.05, 0.1) is 0 Å². The lowest BCUT2D eigenvalue weighted by Crippen LogP contribution is -2.64. The first-order valence-electron chi connectivity index (χ1n) is 10.7. The van der Waals surface area contributed by atoms with Gasteiger partial charge in [-0.05, 0) is 87.9 Å². The van der Waals surface area contributed by atoms with Gasteiger partial charge < -0.3 is 0 Å². The van der Waals surface area contributed by atoms with Gasteiger partial charge in [0.1, 0.15) is 0 Å². The van der Waals surface area contributed by atoms with Crippen molar-refractivity contribution in [2.75, 3.05) is 0 Å². The highest BCUT2D eigenvalue weighted by molar-refractivity contribution is 5.05. The summed E-state index contributed by atoms with van der Waals surface area (Å²) in [5.74, 6) is 1.39. The molecule has 0 radical (unpaired) electrons. The van der Waals surface area contributed by atoms with Crippen molar-refractivity contribution < 1.29 is 30.1 Å². The van der Waals surface area contributed by atoms with E-state index >= 15 is 0 Å². The SMILES string of the molecule is OOC1(OOC2(OO)C3CC4CC(C3)CC2C4)C2CC3CC(C2)CC1C3. The van der Waals surface area contributed by atoms with Crippen LogP contribution in [0.4, 0.5) is 0 Å². The zero-order valence-corrected chi connectivity index (χ0v) is 15.2. The van der Waals surface area contributed by atoms with E-state index in [1.54, 1.807) is 0 Å². The number of rotatable bonds is 5. The van der Waals surface area contributed by atoms with Gasteiger partial charge in [0.25, 0.3) is 0 Å². The molecule has 2 N–H and O–H groups in total. The van der Waals surface area contributed by atoms with E-state index in [0.29, 0.717) is 0 Å². The van der Waals surface area contributed by atoms with Crippen LogP contribution in [0.3, 0.4) is 0 Å². The minimum Gasteiger partial charge on any atom is -0.249 e. The third-order valence-corrected chi connectivity index (χ3v) is 9.14. The van der Waals surface area contributed by atoms with E-state index in [1.807, 2.05) is 0 Å². The van der Waals surface area contributed by atoms with Crippen LogP contribution in [0, 0.1) is 47.3 Å². The Morgan fingerprint density at radius 1 is 0.462 bits per heavy atom. The quantitative estimate of drug-likeness (QED) is 0.431. The molecule has 8 fully saturated rings. The van der Waals surface area contributed by atoms with E-state index in [9.17, 15) is 10.5 Å². The summed E-state index contributed by atoms with van der Waals surface area (Å²) in [5.41, 5.74) is 0. The number of hydrogen-bond donors (Lipinski definition) is 2. The standard InChI is InChI=1S/C20H30O6/c21-23-19(15-3-11-1-12(5-15)6-16(19)4-11)25-26-20(24-22)17-7-13-2-14(9-17)10-18(20)8-13/h11-18,21-22H,1-10H2. The highest BCUT2D eigenvalue weighted by Gasteiger charge is 2.65. The van der Waals surface area contributed by atoms with Gasteiger partial charge in [-0.15, -0.1) is 0 Å². The monoisotopic (exact) mass is 366 g/mol. The van der Waals surface area contributed by atoms with E-state index in [2.05, 4.69) is 0 Å². The Kier molecular flexibility index (Phi) is 3.62. The van der Waals surface area contributed by atoms with E-state index in [4.69, 9.17) is 19.6 Å². The average molecular weight is 366 g/mol. The zero-order valence-electron chi connectivity index (χ0n) is 15.2. The van der Waals surface area contributed by atoms with Crippen LogP contribution < -0.4 is 0 Å². The maximum atomic E-state index is 9.88. The molecule has 6 nitrogen and oxygen atoms in total. The average Bonchev–Trinajstić information content (AvgIpc) is 2.63. The molecule has 0 heterocycles. The molecule has 0 unspecified atom stereocenters. The largest absolute Gasteiger partial charge is 0.249 e. The fourth-order valence-corrected chi connectivity index (χ4v) is 8.41. The lowest BCUT2D eigenvalue weighted by atomic mass is 9.53. The summed E-state index contributed by atoms with van der Waals surface area (Å²) in [6, 6.07) is 0. The summed E-state index contributed by atoms with van der Waals surface area (Å²) in [7, 11) is 0.